The van der Waals surface area contributed by atoms with Gasteiger partial charge < -0.3 is 0 Å². The Morgan fingerprint density at radius 1 is 0.833 bits per heavy atom. The summed E-state index contributed by atoms with van der Waals surface area (Å²) in [5.74, 6) is -0.0713. The summed E-state index contributed by atoms with van der Waals surface area (Å²) in [5.41, 5.74) is 8.34. The van der Waals surface area contributed by atoms with E-state index in [0.29, 0.717) is 17.9 Å². The van der Waals surface area contributed by atoms with E-state index in [2.05, 4.69) is 31.2 Å². The minimum atomic E-state index is -0.438. The minimum Gasteiger partial charge on any atom is -0.288 e. The number of hydrogen-bond acceptors (Lipinski definition) is 6. The van der Waals surface area contributed by atoms with Crippen molar-refractivity contribution in [3.63, 3.8) is 0 Å². The number of rotatable bonds is 7. The molecule has 2 N–H and O–H groups in total. The second kappa shape index (κ2) is 10.9. The first kappa shape index (κ1) is 23.4. The third-order valence-electron chi connectivity index (χ3n) is 6.19. The van der Waals surface area contributed by atoms with Crippen molar-refractivity contribution in [2.75, 3.05) is 13.1 Å². The number of nitrogens with one attached hydrogen (secondary N) is 2. The number of carbonyl (C=O) groups is 2. The number of amides is 2. The second-order valence-corrected chi connectivity index (χ2v) is 8.71. The number of nitrogens with zero attached hydrogens (tertiary/aromatic N) is 5. The van der Waals surface area contributed by atoms with E-state index in [-0.39, 0.29) is 11.8 Å². The molecule has 1 unspecified atom stereocenters. The first-order chi connectivity index (χ1) is 17.7. The summed E-state index contributed by atoms with van der Waals surface area (Å²) >= 11 is 0. The average Bonchev–Trinajstić information content (AvgIpc) is 3.62. The van der Waals surface area contributed by atoms with E-state index in [1.54, 1.807) is 12.1 Å². The molecule has 1 aliphatic rings. The van der Waals surface area contributed by atoms with Crippen molar-refractivity contribution in [3.05, 3.63) is 102 Å². The summed E-state index contributed by atoms with van der Waals surface area (Å²) < 4.78 is 0. The Morgan fingerprint density at radius 2 is 1.50 bits per heavy atom. The van der Waals surface area contributed by atoms with Crippen LogP contribution in [0, 0.1) is 0 Å². The van der Waals surface area contributed by atoms with Crippen LogP contribution >= 0.6 is 0 Å². The monoisotopic (exact) mass is 481 g/mol. The van der Waals surface area contributed by atoms with Crippen molar-refractivity contribution in [3.8, 4) is 11.4 Å². The van der Waals surface area contributed by atoms with Crippen LogP contribution in [0.3, 0.4) is 0 Å². The molecule has 1 atom stereocenters. The normalized spacial score (nSPS) is 14.3. The lowest BCUT2D eigenvalue weighted by Crippen LogP contribution is -2.47. The van der Waals surface area contributed by atoms with Crippen LogP contribution in [-0.2, 0) is 11.3 Å². The van der Waals surface area contributed by atoms with Crippen molar-refractivity contribution < 1.29 is 9.59 Å². The third kappa shape index (κ3) is 5.47. The first-order valence-electron chi connectivity index (χ1n) is 12.0. The molecule has 182 valence electrons. The Kier molecular flexibility index (Phi) is 7.09. The number of aromatic nitrogens is 4. The predicted octanol–water partition coefficient (Wildman–Crippen LogP) is 2.99. The smallest absolute Gasteiger partial charge is 0.269 e. The number of likely N-dealkylation sites (tertiary alicyclic amines) is 1. The molecule has 0 saturated carbocycles. The molecule has 0 radical (unpaired) electrons. The second-order valence-electron chi connectivity index (χ2n) is 8.71. The van der Waals surface area contributed by atoms with Crippen LogP contribution < -0.4 is 10.9 Å². The molecule has 1 aromatic heterocycles. The highest BCUT2D eigenvalue weighted by atomic mass is 16.2. The van der Waals surface area contributed by atoms with Gasteiger partial charge in [0.1, 0.15) is 6.04 Å². The van der Waals surface area contributed by atoms with Gasteiger partial charge in [-0.15, -0.1) is 10.2 Å². The Morgan fingerprint density at radius 3 is 2.19 bits per heavy atom. The van der Waals surface area contributed by atoms with E-state index in [1.807, 2.05) is 72.8 Å². The molecule has 0 aliphatic carbocycles. The van der Waals surface area contributed by atoms with Gasteiger partial charge in [0.05, 0.1) is 6.54 Å². The van der Waals surface area contributed by atoms with Crippen LogP contribution in [0.4, 0.5) is 0 Å². The fraction of sp³-hybridized carbons (Fsp3) is 0.222. The largest absolute Gasteiger partial charge is 0.288 e. The fourth-order valence-corrected chi connectivity index (χ4v) is 4.36. The van der Waals surface area contributed by atoms with Crippen LogP contribution in [0.15, 0.2) is 84.9 Å². The fourth-order valence-electron chi connectivity index (χ4n) is 4.36. The molecule has 2 heterocycles. The maximum Gasteiger partial charge on any atom is 0.269 e. The predicted molar refractivity (Wildman–Crippen MR) is 134 cm³/mol. The zero-order chi connectivity index (χ0) is 24.7. The molecule has 1 fully saturated rings. The quantitative estimate of drug-likeness (QED) is 0.393. The first-order valence-corrected chi connectivity index (χ1v) is 12.0. The lowest BCUT2D eigenvalue weighted by molar-refractivity contribution is -0.127. The van der Waals surface area contributed by atoms with Gasteiger partial charge in [0.2, 0.25) is 5.82 Å². The number of tetrazole rings is 1. The van der Waals surface area contributed by atoms with E-state index < -0.39 is 6.04 Å². The molecular weight excluding hydrogens is 454 g/mol. The SMILES string of the molecule is O=C(NNC(=O)C(c1ccccc1)N1CCCC1)c1ccc(Cn2nnc(-c3ccccc3)n2)cc1. The van der Waals surface area contributed by atoms with Crippen LogP contribution in [0.2, 0.25) is 0 Å². The number of carbonyl (C=O) groups excluding carboxylic acids is 2. The molecule has 1 aliphatic heterocycles. The molecule has 9 nitrogen and oxygen atoms in total. The van der Waals surface area contributed by atoms with Gasteiger partial charge in [0.25, 0.3) is 11.8 Å². The highest BCUT2D eigenvalue weighted by Gasteiger charge is 2.29. The number of benzene rings is 3. The van der Waals surface area contributed by atoms with Crippen molar-refractivity contribution in [2.24, 2.45) is 0 Å². The third-order valence-corrected chi connectivity index (χ3v) is 6.19. The van der Waals surface area contributed by atoms with Crippen LogP contribution in [0.1, 0.15) is 40.4 Å². The van der Waals surface area contributed by atoms with Gasteiger partial charge in [-0.3, -0.25) is 25.3 Å². The Balaban J connectivity index is 1.18. The Bertz CT molecular complexity index is 1300. The summed E-state index contributed by atoms with van der Waals surface area (Å²) in [6.45, 7) is 2.14. The number of hydrogen-bond donors (Lipinski definition) is 2. The molecule has 5 rings (SSSR count). The van der Waals surface area contributed by atoms with Crippen LogP contribution in [-0.4, -0.2) is 50.0 Å². The zero-order valence-electron chi connectivity index (χ0n) is 19.7. The van der Waals surface area contributed by atoms with Gasteiger partial charge in [0.15, 0.2) is 0 Å². The van der Waals surface area contributed by atoms with Crippen molar-refractivity contribution in [1.82, 2.24) is 36.0 Å². The average molecular weight is 482 g/mol. The molecule has 0 bridgehead atoms. The maximum atomic E-state index is 13.0. The van der Waals surface area contributed by atoms with Crippen LogP contribution in [0.5, 0.6) is 0 Å². The van der Waals surface area contributed by atoms with Crippen LogP contribution in [0.25, 0.3) is 11.4 Å². The minimum absolute atomic E-state index is 0.250. The van der Waals surface area contributed by atoms with Crippen molar-refractivity contribution in [2.45, 2.75) is 25.4 Å². The molecule has 36 heavy (non-hydrogen) atoms. The number of hydrazine groups is 1. The van der Waals surface area contributed by atoms with E-state index >= 15 is 0 Å². The van der Waals surface area contributed by atoms with Gasteiger partial charge in [-0.1, -0.05) is 72.8 Å². The van der Waals surface area contributed by atoms with E-state index in [1.165, 1.54) is 4.80 Å². The lowest BCUT2D eigenvalue weighted by atomic mass is 10.1. The standard InChI is InChI=1S/C27H27N7O2/c35-26(29-30-27(36)24(33-17-7-8-18-33)21-9-3-1-4-10-21)23-15-13-20(14-16-23)19-34-31-25(28-32-34)22-11-5-2-6-12-22/h1-6,9-16,24H,7-8,17-19H2,(H,29,35)(H,30,36). The Hall–Kier alpha value is -4.37. The van der Waals surface area contributed by atoms with Crippen molar-refractivity contribution >= 4 is 11.8 Å². The van der Waals surface area contributed by atoms with Crippen molar-refractivity contribution in [1.29, 1.82) is 0 Å². The molecule has 4 aromatic rings. The van der Waals surface area contributed by atoms with Gasteiger partial charge in [0, 0.05) is 11.1 Å². The molecular formula is C27H27N7O2. The van der Waals surface area contributed by atoms with E-state index in [0.717, 1.165) is 42.6 Å². The lowest BCUT2D eigenvalue weighted by Gasteiger charge is -2.26. The summed E-state index contributed by atoms with van der Waals surface area (Å²) in [6, 6.07) is 25.9. The van der Waals surface area contributed by atoms with E-state index in [4.69, 9.17) is 0 Å². The molecule has 0 spiro atoms. The molecule has 1 saturated heterocycles. The summed E-state index contributed by atoms with van der Waals surface area (Å²) in [5, 5.41) is 12.6. The summed E-state index contributed by atoms with van der Waals surface area (Å²) in [6.07, 6.45) is 2.13. The summed E-state index contributed by atoms with van der Waals surface area (Å²) in [4.78, 5) is 29.4. The zero-order valence-corrected chi connectivity index (χ0v) is 19.7. The molecule has 2 amide bonds. The summed E-state index contributed by atoms with van der Waals surface area (Å²) in [7, 11) is 0. The van der Waals surface area contributed by atoms with Gasteiger partial charge in [-0.2, -0.15) is 4.80 Å². The topological polar surface area (TPSA) is 105 Å². The maximum absolute atomic E-state index is 13.0. The highest BCUT2D eigenvalue weighted by molar-refractivity contribution is 5.96. The van der Waals surface area contributed by atoms with Gasteiger partial charge in [-0.05, 0) is 54.4 Å². The van der Waals surface area contributed by atoms with Gasteiger partial charge >= 0.3 is 0 Å². The Labute approximate surface area is 209 Å². The molecule has 3 aromatic carbocycles. The van der Waals surface area contributed by atoms with E-state index in [9.17, 15) is 9.59 Å². The highest BCUT2D eigenvalue weighted by Crippen LogP contribution is 2.25. The van der Waals surface area contributed by atoms with Gasteiger partial charge in [-0.25, -0.2) is 0 Å². The molecule has 9 heteroatoms.